The largest absolute Gasteiger partial charge is 0.379 e. The number of carbonyl (C=O) groups is 1. The number of ether oxygens (including phenoxy) is 1. The van der Waals surface area contributed by atoms with Gasteiger partial charge in [-0.25, -0.2) is 4.39 Å². The minimum absolute atomic E-state index is 0.00743. The molecule has 1 N–H and O–H groups in total. The second kappa shape index (κ2) is 7.47. The van der Waals surface area contributed by atoms with E-state index in [4.69, 9.17) is 4.74 Å². The number of halogens is 1. The van der Waals surface area contributed by atoms with E-state index in [0.717, 1.165) is 39.4 Å². The zero-order chi connectivity index (χ0) is 14.4. The predicted molar refractivity (Wildman–Crippen MR) is 75.5 cm³/mol. The molecule has 0 spiro atoms. The summed E-state index contributed by atoms with van der Waals surface area (Å²) in [7, 11) is 0. The van der Waals surface area contributed by atoms with Crippen LogP contribution < -0.4 is 5.32 Å². The van der Waals surface area contributed by atoms with Crippen LogP contribution in [0.4, 0.5) is 4.39 Å². The molecule has 0 bridgehead atoms. The minimum atomic E-state index is -0.325. The van der Waals surface area contributed by atoms with Crippen LogP contribution in [-0.2, 0) is 4.74 Å². The molecule has 5 heteroatoms. The Kier molecular flexibility index (Phi) is 5.64. The van der Waals surface area contributed by atoms with Crippen molar-refractivity contribution in [2.75, 3.05) is 39.4 Å². The molecule has 1 atom stereocenters. The Bertz CT molecular complexity index is 430. The van der Waals surface area contributed by atoms with Gasteiger partial charge in [-0.05, 0) is 31.2 Å². The molecular formula is C15H21FN2O2. The van der Waals surface area contributed by atoms with Crippen LogP contribution >= 0.6 is 0 Å². The summed E-state index contributed by atoms with van der Waals surface area (Å²) < 4.78 is 18.1. The summed E-state index contributed by atoms with van der Waals surface area (Å²) >= 11 is 0. The number of rotatable bonds is 6. The first kappa shape index (κ1) is 15.1. The number of Topliss-reactive ketones (excluding diaryl/α,β-unsaturated/α-hetero) is 1. The highest BCUT2D eigenvalue weighted by atomic mass is 19.1. The molecule has 0 aliphatic carbocycles. The number of ketones is 1. The molecule has 1 unspecified atom stereocenters. The number of morpholine rings is 1. The van der Waals surface area contributed by atoms with Crippen LogP contribution in [0.1, 0.15) is 17.3 Å². The predicted octanol–water partition coefficient (Wildman–Crippen LogP) is 1.32. The molecule has 1 aliphatic rings. The number of nitrogens with one attached hydrogen (secondary N) is 1. The molecule has 0 aromatic heterocycles. The highest BCUT2D eigenvalue weighted by Crippen LogP contribution is 2.06. The highest BCUT2D eigenvalue weighted by Gasteiger charge is 2.15. The second-order valence-corrected chi connectivity index (χ2v) is 5.00. The first-order valence-electron chi connectivity index (χ1n) is 7.00. The lowest BCUT2D eigenvalue weighted by Gasteiger charge is -2.27. The fourth-order valence-corrected chi connectivity index (χ4v) is 2.22. The van der Waals surface area contributed by atoms with E-state index >= 15 is 0 Å². The Morgan fingerprint density at radius 2 is 2.00 bits per heavy atom. The summed E-state index contributed by atoms with van der Waals surface area (Å²) in [5.74, 6) is -0.332. The van der Waals surface area contributed by atoms with Crippen molar-refractivity contribution in [2.24, 2.45) is 0 Å². The lowest BCUT2D eigenvalue weighted by Crippen LogP contribution is -2.43. The molecule has 1 saturated heterocycles. The Balaban J connectivity index is 1.74. The molecule has 20 heavy (non-hydrogen) atoms. The smallest absolute Gasteiger partial charge is 0.179 e. The van der Waals surface area contributed by atoms with Crippen LogP contribution in [0.25, 0.3) is 0 Å². The van der Waals surface area contributed by atoms with Crippen molar-refractivity contribution in [3.05, 3.63) is 35.6 Å². The molecule has 1 aromatic carbocycles. The Hall–Kier alpha value is -1.30. The summed E-state index contributed by atoms with van der Waals surface area (Å²) in [6.45, 7) is 6.96. The zero-order valence-corrected chi connectivity index (χ0v) is 11.8. The lowest BCUT2D eigenvalue weighted by molar-refractivity contribution is 0.0381. The van der Waals surface area contributed by atoms with Crippen LogP contribution in [-0.4, -0.2) is 56.1 Å². The maximum Gasteiger partial charge on any atom is 0.179 e. The third kappa shape index (κ3) is 4.37. The van der Waals surface area contributed by atoms with Crippen molar-refractivity contribution in [1.29, 1.82) is 0 Å². The SMILES string of the molecule is CC(NCCN1CCOCC1)C(=O)c1ccc(F)cc1. The molecular weight excluding hydrogens is 259 g/mol. The standard InChI is InChI=1S/C15H21FN2O2/c1-12(15(19)13-2-4-14(16)5-3-13)17-6-7-18-8-10-20-11-9-18/h2-5,12,17H,6-11H2,1H3. The Morgan fingerprint density at radius 3 is 2.65 bits per heavy atom. The molecule has 110 valence electrons. The third-order valence-electron chi connectivity index (χ3n) is 3.50. The van der Waals surface area contributed by atoms with E-state index in [1.54, 1.807) is 0 Å². The van der Waals surface area contributed by atoms with Crippen molar-refractivity contribution in [3.63, 3.8) is 0 Å². The van der Waals surface area contributed by atoms with Gasteiger partial charge in [0.2, 0.25) is 0 Å². The molecule has 1 heterocycles. The van der Waals surface area contributed by atoms with Gasteiger partial charge < -0.3 is 10.1 Å². The van der Waals surface area contributed by atoms with Crippen LogP contribution in [0, 0.1) is 5.82 Å². The maximum absolute atomic E-state index is 12.8. The molecule has 1 fully saturated rings. The first-order chi connectivity index (χ1) is 9.66. The van der Waals surface area contributed by atoms with E-state index in [1.807, 2.05) is 6.92 Å². The lowest BCUT2D eigenvalue weighted by atomic mass is 10.1. The van der Waals surface area contributed by atoms with E-state index in [9.17, 15) is 9.18 Å². The summed E-state index contributed by atoms with van der Waals surface area (Å²) in [6.07, 6.45) is 0. The Morgan fingerprint density at radius 1 is 1.35 bits per heavy atom. The van der Waals surface area contributed by atoms with Crippen molar-refractivity contribution in [3.8, 4) is 0 Å². The van der Waals surface area contributed by atoms with Gasteiger partial charge in [0.15, 0.2) is 5.78 Å². The van der Waals surface area contributed by atoms with Gasteiger partial charge in [0.05, 0.1) is 19.3 Å². The average molecular weight is 280 g/mol. The molecule has 0 radical (unpaired) electrons. The number of nitrogens with zero attached hydrogens (tertiary/aromatic N) is 1. The van der Waals surface area contributed by atoms with E-state index in [0.29, 0.717) is 5.56 Å². The van der Waals surface area contributed by atoms with Gasteiger partial charge >= 0.3 is 0 Å². The first-order valence-corrected chi connectivity index (χ1v) is 7.00. The fourth-order valence-electron chi connectivity index (χ4n) is 2.22. The minimum Gasteiger partial charge on any atom is -0.379 e. The van der Waals surface area contributed by atoms with Gasteiger partial charge in [-0.3, -0.25) is 9.69 Å². The van der Waals surface area contributed by atoms with Gasteiger partial charge in [-0.1, -0.05) is 0 Å². The maximum atomic E-state index is 12.8. The quantitative estimate of drug-likeness (QED) is 0.798. The van der Waals surface area contributed by atoms with Crippen molar-refractivity contribution in [1.82, 2.24) is 10.2 Å². The number of benzene rings is 1. The number of hydrogen-bond acceptors (Lipinski definition) is 4. The van der Waals surface area contributed by atoms with Gasteiger partial charge in [0.25, 0.3) is 0 Å². The van der Waals surface area contributed by atoms with Crippen LogP contribution in [0.2, 0.25) is 0 Å². The molecule has 0 amide bonds. The van der Waals surface area contributed by atoms with Crippen LogP contribution in [0.15, 0.2) is 24.3 Å². The van der Waals surface area contributed by atoms with Crippen LogP contribution in [0.3, 0.4) is 0 Å². The number of hydrogen-bond donors (Lipinski definition) is 1. The zero-order valence-electron chi connectivity index (χ0n) is 11.8. The second-order valence-electron chi connectivity index (χ2n) is 5.00. The molecule has 0 saturated carbocycles. The summed E-state index contributed by atoms with van der Waals surface area (Å²) in [5.41, 5.74) is 0.540. The third-order valence-corrected chi connectivity index (χ3v) is 3.50. The molecule has 1 aliphatic heterocycles. The van der Waals surface area contributed by atoms with E-state index < -0.39 is 0 Å². The summed E-state index contributed by atoms with van der Waals surface area (Å²) in [4.78, 5) is 14.4. The van der Waals surface area contributed by atoms with Crippen LogP contribution in [0.5, 0.6) is 0 Å². The van der Waals surface area contributed by atoms with Crippen molar-refractivity contribution in [2.45, 2.75) is 13.0 Å². The normalized spacial score (nSPS) is 17.9. The van der Waals surface area contributed by atoms with Gasteiger partial charge in [0.1, 0.15) is 5.82 Å². The summed E-state index contributed by atoms with van der Waals surface area (Å²) in [6, 6.07) is 5.42. The van der Waals surface area contributed by atoms with Crippen molar-refractivity contribution < 1.29 is 13.9 Å². The van der Waals surface area contributed by atoms with E-state index in [2.05, 4.69) is 10.2 Å². The van der Waals surface area contributed by atoms with Crippen molar-refractivity contribution >= 4 is 5.78 Å². The Labute approximate surface area is 118 Å². The molecule has 2 rings (SSSR count). The van der Waals surface area contributed by atoms with E-state index in [-0.39, 0.29) is 17.6 Å². The summed E-state index contributed by atoms with van der Waals surface area (Å²) in [5, 5.41) is 3.22. The molecule has 1 aromatic rings. The highest BCUT2D eigenvalue weighted by molar-refractivity contribution is 5.99. The van der Waals surface area contributed by atoms with E-state index in [1.165, 1.54) is 24.3 Å². The molecule has 4 nitrogen and oxygen atoms in total. The fraction of sp³-hybridized carbons (Fsp3) is 0.533. The van der Waals surface area contributed by atoms with Gasteiger partial charge in [0, 0.05) is 31.7 Å². The van der Waals surface area contributed by atoms with Gasteiger partial charge in [-0.15, -0.1) is 0 Å². The monoisotopic (exact) mass is 280 g/mol. The number of carbonyl (C=O) groups excluding carboxylic acids is 1. The topological polar surface area (TPSA) is 41.6 Å². The average Bonchev–Trinajstić information content (AvgIpc) is 2.48. The van der Waals surface area contributed by atoms with Gasteiger partial charge in [-0.2, -0.15) is 0 Å².